The number of rotatable bonds is 6. The van der Waals surface area contributed by atoms with Gasteiger partial charge < -0.3 is 10.1 Å². The molecule has 0 radical (unpaired) electrons. The fraction of sp³-hybridized carbons (Fsp3) is 0.273. The van der Waals surface area contributed by atoms with Crippen molar-refractivity contribution in [2.24, 2.45) is 5.92 Å². The van der Waals surface area contributed by atoms with Crippen LogP contribution in [0.3, 0.4) is 0 Å². The van der Waals surface area contributed by atoms with E-state index in [2.05, 4.69) is 5.32 Å². The molecule has 29 heavy (non-hydrogen) atoms. The number of imide groups is 1. The van der Waals surface area contributed by atoms with Crippen LogP contribution in [0.2, 0.25) is 0 Å². The Bertz CT molecular complexity index is 979. The minimum atomic E-state index is -0.521. The molecular weight excluding hydrogens is 372 g/mol. The zero-order chi connectivity index (χ0) is 21.1. The van der Waals surface area contributed by atoms with Crippen LogP contribution in [0.4, 0.5) is 11.4 Å². The number of carbonyl (C=O) groups is 4. The second kappa shape index (κ2) is 8.26. The van der Waals surface area contributed by atoms with Crippen molar-refractivity contribution in [1.29, 1.82) is 0 Å². The molecule has 3 rings (SSSR count). The van der Waals surface area contributed by atoms with Gasteiger partial charge in [0.15, 0.2) is 0 Å². The van der Waals surface area contributed by atoms with Gasteiger partial charge >= 0.3 is 5.97 Å². The van der Waals surface area contributed by atoms with Crippen LogP contribution < -0.4 is 10.2 Å². The number of amides is 3. The van der Waals surface area contributed by atoms with Crippen LogP contribution in [0.15, 0.2) is 42.5 Å². The first kappa shape index (κ1) is 20.3. The summed E-state index contributed by atoms with van der Waals surface area (Å²) in [7, 11) is 0. The Balaban J connectivity index is 1.80. The molecule has 0 aliphatic carbocycles. The van der Waals surface area contributed by atoms with E-state index in [4.69, 9.17) is 4.74 Å². The Morgan fingerprint density at radius 2 is 1.66 bits per heavy atom. The predicted octanol–water partition coefficient (Wildman–Crippen LogP) is 3.65. The molecule has 1 N–H and O–H groups in total. The fourth-order valence-electron chi connectivity index (χ4n) is 2.97. The Hall–Kier alpha value is -3.48. The van der Waals surface area contributed by atoms with Crippen molar-refractivity contribution < 1.29 is 23.9 Å². The average Bonchev–Trinajstić information content (AvgIpc) is 2.92. The highest BCUT2D eigenvalue weighted by Crippen LogP contribution is 2.30. The first-order valence-corrected chi connectivity index (χ1v) is 9.35. The number of nitrogens with zero attached hydrogens (tertiary/aromatic N) is 1. The lowest BCUT2D eigenvalue weighted by Gasteiger charge is -2.14. The van der Waals surface area contributed by atoms with E-state index in [9.17, 15) is 19.2 Å². The molecule has 0 bridgehead atoms. The predicted molar refractivity (Wildman–Crippen MR) is 108 cm³/mol. The second-order valence-electron chi connectivity index (χ2n) is 7.25. The van der Waals surface area contributed by atoms with Gasteiger partial charge in [0.1, 0.15) is 0 Å². The van der Waals surface area contributed by atoms with Crippen LogP contribution >= 0.6 is 0 Å². The van der Waals surface area contributed by atoms with E-state index < -0.39 is 17.8 Å². The zero-order valence-electron chi connectivity index (χ0n) is 16.5. The molecule has 0 spiro atoms. The molecule has 0 fully saturated rings. The number of esters is 1. The number of benzene rings is 2. The highest BCUT2D eigenvalue weighted by Gasteiger charge is 2.37. The summed E-state index contributed by atoms with van der Waals surface area (Å²) in [5.41, 5.74) is 1.58. The third kappa shape index (κ3) is 4.34. The maximum absolute atomic E-state index is 12.8. The third-order valence-corrected chi connectivity index (χ3v) is 4.50. The molecule has 7 heteroatoms. The lowest BCUT2D eigenvalue weighted by molar-refractivity contribution is -0.114. The van der Waals surface area contributed by atoms with Crippen LogP contribution in [0.25, 0.3) is 0 Å². The van der Waals surface area contributed by atoms with Gasteiger partial charge in [-0.15, -0.1) is 0 Å². The summed E-state index contributed by atoms with van der Waals surface area (Å²) in [5, 5.41) is 2.63. The smallest absolute Gasteiger partial charge is 0.338 e. The summed E-state index contributed by atoms with van der Waals surface area (Å²) in [6.45, 7) is 5.76. The minimum Gasteiger partial charge on any atom is -0.462 e. The normalized spacial score (nSPS) is 12.9. The minimum absolute atomic E-state index is 0.166. The Kier molecular flexibility index (Phi) is 5.77. The van der Waals surface area contributed by atoms with Crippen LogP contribution in [0.1, 0.15) is 58.3 Å². The van der Waals surface area contributed by atoms with Crippen molar-refractivity contribution in [3.63, 3.8) is 0 Å². The van der Waals surface area contributed by atoms with Crippen LogP contribution in [0.5, 0.6) is 0 Å². The summed E-state index contributed by atoms with van der Waals surface area (Å²) in [5.74, 6) is -1.29. The van der Waals surface area contributed by atoms with E-state index in [0.29, 0.717) is 23.9 Å². The van der Waals surface area contributed by atoms with Gasteiger partial charge in [-0.05, 0) is 54.8 Å². The number of hydrogen-bond donors (Lipinski definition) is 1. The summed E-state index contributed by atoms with van der Waals surface area (Å²) >= 11 is 0. The van der Waals surface area contributed by atoms with Crippen molar-refractivity contribution in [2.75, 3.05) is 16.8 Å². The van der Waals surface area contributed by atoms with Crippen molar-refractivity contribution in [1.82, 2.24) is 0 Å². The van der Waals surface area contributed by atoms with Crippen molar-refractivity contribution in [2.45, 2.75) is 27.2 Å². The van der Waals surface area contributed by atoms with E-state index >= 15 is 0 Å². The molecule has 0 unspecified atom stereocenters. The van der Waals surface area contributed by atoms with E-state index in [1.165, 1.54) is 25.1 Å². The highest BCUT2D eigenvalue weighted by molar-refractivity contribution is 6.34. The van der Waals surface area contributed by atoms with Gasteiger partial charge in [-0.1, -0.05) is 13.8 Å². The number of fused-ring (bicyclic) bond motifs is 1. The number of nitrogens with one attached hydrogen (secondary N) is 1. The Morgan fingerprint density at radius 1 is 1.00 bits per heavy atom. The topological polar surface area (TPSA) is 92.8 Å². The van der Waals surface area contributed by atoms with Crippen molar-refractivity contribution in [3.8, 4) is 0 Å². The first-order valence-electron chi connectivity index (χ1n) is 9.35. The quantitative estimate of drug-likeness (QED) is 0.596. The van der Waals surface area contributed by atoms with Gasteiger partial charge in [0.2, 0.25) is 5.91 Å². The van der Waals surface area contributed by atoms with E-state index in [0.717, 1.165) is 11.3 Å². The molecular formula is C22H22N2O5. The Morgan fingerprint density at radius 3 is 2.28 bits per heavy atom. The molecule has 1 heterocycles. The van der Waals surface area contributed by atoms with Gasteiger partial charge in [0, 0.05) is 12.6 Å². The molecule has 0 atom stereocenters. The van der Waals surface area contributed by atoms with Gasteiger partial charge in [-0.25, -0.2) is 9.69 Å². The lowest BCUT2D eigenvalue weighted by Crippen LogP contribution is -2.29. The SMILES string of the molecule is CC(=O)Nc1ccc(N2C(=O)c3ccc(C(=O)OCCC(C)C)cc3C2=O)cc1. The largest absolute Gasteiger partial charge is 0.462 e. The standard InChI is InChI=1S/C22H22N2O5/c1-13(2)10-11-29-22(28)15-4-9-18-19(12-15)21(27)24(20(18)26)17-7-5-16(6-8-17)23-14(3)25/h4-9,12-13H,10-11H2,1-3H3,(H,23,25). The third-order valence-electron chi connectivity index (χ3n) is 4.50. The summed E-state index contributed by atoms with van der Waals surface area (Å²) in [6, 6.07) is 10.7. The number of anilines is 2. The molecule has 7 nitrogen and oxygen atoms in total. The van der Waals surface area contributed by atoms with Crippen LogP contribution in [0, 0.1) is 5.92 Å². The summed E-state index contributed by atoms with van der Waals surface area (Å²) in [6.07, 6.45) is 0.746. The monoisotopic (exact) mass is 394 g/mol. The lowest BCUT2D eigenvalue weighted by atomic mass is 10.1. The molecule has 150 valence electrons. The zero-order valence-corrected chi connectivity index (χ0v) is 16.5. The molecule has 2 aromatic carbocycles. The van der Waals surface area contributed by atoms with E-state index in [1.807, 2.05) is 13.8 Å². The Labute approximate surface area is 168 Å². The molecule has 0 saturated carbocycles. The van der Waals surface area contributed by atoms with Crippen LogP contribution in [-0.2, 0) is 9.53 Å². The molecule has 0 aromatic heterocycles. The van der Waals surface area contributed by atoms with E-state index in [1.54, 1.807) is 24.3 Å². The highest BCUT2D eigenvalue weighted by atomic mass is 16.5. The molecule has 2 aromatic rings. The van der Waals surface area contributed by atoms with Gasteiger partial charge in [0.05, 0.1) is 29.0 Å². The van der Waals surface area contributed by atoms with Gasteiger partial charge in [-0.2, -0.15) is 0 Å². The maximum Gasteiger partial charge on any atom is 0.338 e. The number of carbonyl (C=O) groups excluding carboxylic acids is 4. The number of ether oxygens (including phenoxy) is 1. The molecule has 0 saturated heterocycles. The molecule has 1 aliphatic rings. The second-order valence-corrected chi connectivity index (χ2v) is 7.25. The molecule has 1 aliphatic heterocycles. The fourth-order valence-corrected chi connectivity index (χ4v) is 2.97. The average molecular weight is 394 g/mol. The van der Waals surface area contributed by atoms with Crippen molar-refractivity contribution >= 4 is 35.1 Å². The summed E-state index contributed by atoms with van der Waals surface area (Å²) < 4.78 is 5.23. The van der Waals surface area contributed by atoms with Gasteiger partial charge in [0.25, 0.3) is 11.8 Å². The molecule has 3 amide bonds. The van der Waals surface area contributed by atoms with Gasteiger partial charge in [-0.3, -0.25) is 14.4 Å². The first-order chi connectivity index (χ1) is 13.8. The van der Waals surface area contributed by atoms with E-state index in [-0.39, 0.29) is 22.6 Å². The number of hydrogen-bond acceptors (Lipinski definition) is 5. The maximum atomic E-state index is 12.8. The van der Waals surface area contributed by atoms with Crippen LogP contribution in [-0.4, -0.2) is 30.3 Å². The summed E-state index contributed by atoms with van der Waals surface area (Å²) in [4.78, 5) is 50.0. The van der Waals surface area contributed by atoms with Crippen molar-refractivity contribution in [3.05, 3.63) is 59.2 Å².